The zero-order valence-corrected chi connectivity index (χ0v) is 28.4. The molecule has 12 atom stereocenters. The van der Waals surface area contributed by atoms with Crippen LogP contribution < -0.4 is 9.47 Å². The number of aliphatic hydroxyl groups is 4. The number of nitrogens with zero attached hydrogens (tertiary/aromatic N) is 1. The van der Waals surface area contributed by atoms with Crippen LogP contribution in [0.3, 0.4) is 0 Å². The van der Waals surface area contributed by atoms with E-state index in [9.17, 15) is 25.2 Å². The van der Waals surface area contributed by atoms with Crippen LogP contribution >= 0.6 is 0 Å². The molecule has 9 rings (SSSR count). The monoisotopic (exact) mass is 657 g/mol. The van der Waals surface area contributed by atoms with Crippen molar-refractivity contribution in [2.45, 2.75) is 132 Å². The maximum absolute atomic E-state index is 12.5. The Labute approximate surface area is 276 Å². The van der Waals surface area contributed by atoms with Crippen LogP contribution in [-0.4, -0.2) is 113 Å². The predicted octanol–water partition coefficient (Wildman–Crippen LogP) is 2.07. The third-order valence-electron chi connectivity index (χ3n) is 14.1. The number of methoxy groups -OCH3 is 2. The van der Waals surface area contributed by atoms with E-state index in [1.54, 1.807) is 7.11 Å². The molecular formula is C36H51NO10. The molecule has 260 valence electrons. The highest BCUT2D eigenvalue weighted by Gasteiger charge is 2.82. The SMILES string of the molecule is COC(=O)[C@H]1O[C@@H](Oc2ccc3c4c2O[C@H]2[C@@]5(OC)CC[C@@]6(C[C@@H]5C(C)(O)C(C)(C)C)[C@@H](C3)N(CC3CC3)CC[C@]426)[C@H](O)C(O)[C@@H]1O. The highest BCUT2D eigenvalue weighted by molar-refractivity contribution is 5.75. The van der Waals surface area contributed by atoms with Crippen molar-refractivity contribution in [1.82, 2.24) is 4.90 Å². The maximum atomic E-state index is 12.5. The highest BCUT2D eigenvalue weighted by atomic mass is 16.7. The first-order valence-corrected chi connectivity index (χ1v) is 17.5. The van der Waals surface area contributed by atoms with Crippen LogP contribution in [-0.2, 0) is 30.8 Å². The van der Waals surface area contributed by atoms with E-state index in [0.717, 1.165) is 63.8 Å². The van der Waals surface area contributed by atoms with Gasteiger partial charge in [0.2, 0.25) is 6.29 Å². The Bertz CT molecular complexity index is 1460. The van der Waals surface area contributed by atoms with Crippen LogP contribution in [0.4, 0.5) is 0 Å². The van der Waals surface area contributed by atoms with E-state index < -0.39 is 53.3 Å². The van der Waals surface area contributed by atoms with Gasteiger partial charge in [-0.15, -0.1) is 0 Å². The topological polar surface area (TPSA) is 147 Å². The average molecular weight is 658 g/mol. The number of piperidine rings is 1. The van der Waals surface area contributed by atoms with Gasteiger partial charge in [-0.3, -0.25) is 4.90 Å². The number of aliphatic hydroxyl groups excluding tert-OH is 3. The largest absolute Gasteiger partial charge is 0.482 e. The quantitative estimate of drug-likeness (QED) is 0.320. The molecule has 0 amide bonds. The Morgan fingerprint density at radius 1 is 1.04 bits per heavy atom. The summed E-state index contributed by atoms with van der Waals surface area (Å²) in [5.41, 5.74) is -0.393. The van der Waals surface area contributed by atoms with E-state index in [4.69, 9.17) is 23.7 Å². The van der Waals surface area contributed by atoms with Gasteiger partial charge >= 0.3 is 5.97 Å². The van der Waals surface area contributed by atoms with Gasteiger partial charge in [0.1, 0.15) is 30.0 Å². The number of carbonyl (C=O) groups is 1. The minimum atomic E-state index is -1.70. The van der Waals surface area contributed by atoms with Crippen LogP contribution in [0.1, 0.15) is 77.3 Å². The molecule has 0 radical (unpaired) electrons. The summed E-state index contributed by atoms with van der Waals surface area (Å²) in [4.78, 5) is 15.2. The number of rotatable bonds is 7. The lowest BCUT2D eigenvalue weighted by Gasteiger charge is -2.75. The number of esters is 1. The average Bonchev–Trinajstić information content (AvgIpc) is 3.78. The van der Waals surface area contributed by atoms with Gasteiger partial charge in [0.25, 0.3) is 0 Å². The molecule has 4 N–H and O–H groups in total. The lowest BCUT2D eigenvalue weighted by Crippen LogP contribution is -2.83. The summed E-state index contributed by atoms with van der Waals surface area (Å²) in [6.07, 6.45) is -1.46. The summed E-state index contributed by atoms with van der Waals surface area (Å²) < 4.78 is 30.7. The minimum Gasteiger partial charge on any atom is -0.482 e. The summed E-state index contributed by atoms with van der Waals surface area (Å²) in [5.74, 6) is 0.609. The molecular weight excluding hydrogens is 606 g/mol. The summed E-state index contributed by atoms with van der Waals surface area (Å²) in [6, 6.07) is 4.22. The fourth-order valence-corrected chi connectivity index (χ4v) is 11.0. The van der Waals surface area contributed by atoms with Crippen molar-refractivity contribution in [2.75, 3.05) is 27.3 Å². The van der Waals surface area contributed by atoms with Crippen LogP contribution in [0.2, 0.25) is 0 Å². The molecule has 3 heterocycles. The fraction of sp³-hybridized carbons (Fsp3) is 0.806. The van der Waals surface area contributed by atoms with Gasteiger partial charge in [-0.25, -0.2) is 4.79 Å². The van der Waals surface area contributed by atoms with E-state index in [2.05, 4.69) is 31.7 Å². The van der Waals surface area contributed by atoms with Crippen LogP contribution in [0.25, 0.3) is 0 Å². The molecule has 47 heavy (non-hydrogen) atoms. The number of hydrogen-bond donors (Lipinski definition) is 4. The van der Waals surface area contributed by atoms with Crippen molar-refractivity contribution in [3.63, 3.8) is 0 Å². The molecule has 8 aliphatic rings. The van der Waals surface area contributed by atoms with E-state index in [1.807, 2.05) is 13.0 Å². The van der Waals surface area contributed by atoms with Crippen molar-refractivity contribution in [3.05, 3.63) is 23.3 Å². The zero-order chi connectivity index (χ0) is 33.5. The Morgan fingerprint density at radius 3 is 2.45 bits per heavy atom. The number of carbonyl (C=O) groups excluding carboxylic acids is 1. The van der Waals surface area contributed by atoms with Crippen LogP contribution in [0, 0.1) is 22.7 Å². The first kappa shape index (κ1) is 32.2. The summed E-state index contributed by atoms with van der Waals surface area (Å²) >= 11 is 0. The molecule has 1 aromatic carbocycles. The van der Waals surface area contributed by atoms with Crippen molar-refractivity contribution in [2.24, 2.45) is 22.7 Å². The van der Waals surface area contributed by atoms with E-state index in [0.29, 0.717) is 17.5 Å². The number of likely N-dealkylation sites (tertiary alicyclic amines) is 1. The van der Waals surface area contributed by atoms with Gasteiger partial charge in [-0.05, 0) is 81.4 Å². The first-order valence-electron chi connectivity index (χ1n) is 17.5. The molecule has 2 unspecified atom stereocenters. The van der Waals surface area contributed by atoms with Gasteiger partial charge in [0, 0.05) is 42.0 Å². The van der Waals surface area contributed by atoms with Gasteiger partial charge in [0.15, 0.2) is 17.6 Å². The summed E-state index contributed by atoms with van der Waals surface area (Å²) in [5, 5.41) is 44.5. The summed E-state index contributed by atoms with van der Waals surface area (Å²) in [6.45, 7) is 10.4. The van der Waals surface area contributed by atoms with Gasteiger partial charge in [-0.2, -0.15) is 0 Å². The zero-order valence-electron chi connectivity index (χ0n) is 28.4. The standard InChI is InChI=1S/C36H51NO10/c1-32(2,3)33(4,42)21-16-34-11-12-36(21,44-6)31-35(34)13-14-37(17-18-7-8-18)22(34)15-19-9-10-20(27(47-31)23(19)35)45-30-26(40)24(38)25(39)28(46-30)29(41)43-5/h9-10,18,21-22,24-26,28,30-31,38-40,42H,7-8,11-17H2,1-6H3/t21-,22-,24?,25+,26-,28+,30-,31-,33?,34-,35+,36-/m1/s1. The van der Waals surface area contributed by atoms with Crippen molar-refractivity contribution in [1.29, 1.82) is 0 Å². The Balaban J connectivity index is 1.26. The van der Waals surface area contributed by atoms with Crippen LogP contribution in [0.15, 0.2) is 12.1 Å². The fourth-order valence-electron chi connectivity index (χ4n) is 11.0. The number of fused-ring (bicyclic) bond motifs is 2. The van der Waals surface area contributed by atoms with Crippen molar-refractivity contribution in [3.8, 4) is 11.5 Å². The second-order valence-corrected chi connectivity index (χ2v) is 16.8. The Hall–Kier alpha value is -1.99. The van der Waals surface area contributed by atoms with Crippen molar-refractivity contribution >= 4 is 5.97 Å². The van der Waals surface area contributed by atoms with Crippen molar-refractivity contribution < 1.29 is 48.9 Å². The molecule has 0 aromatic heterocycles. The van der Waals surface area contributed by atoms with Gasteiger partial charge < -0.3 is 44.1 Å². The third kappa shape index (κ3) is 4.02. The number of ether oxygens (including phenoxy) is 5. The number of benzene rings is 1. The van der Waals surface area contributed by atoms with E-state index in [1.165, 1.54) is 18.4 Å². The van der Waals surface area contributed by atoms with E-state index in [-0.39, 0.29) is 22.9 Å². The molecule has 4 bridgehead atoms. The smallest absolute Gasteiger partial charge is 0.337 e. The number of hydrogen-bond acceptors (Lipinski definition) is 11. The molecule has 3 aliphatic heterocycles. The second-order valence-electron chi connectivity index (χ2n) is 16.8. The lowest BCUT2D eigenvalue weighted by atomic mass is 9.33. The van der Waals surface area contributed by atoms with E-state index >= 15 is 0 Å². The second kappa shape index (κ2) is 10.3. The molecule has 11 heteroatoms. The maximum Gasteiger partial charge on any atom is 0.337 e. The molecule has 5 aliphatic carbocycles. The Morgan fingerprint density at radius 2 is 1.79 bits per heavy atom. The molecule has 4 saturated carbocycles. The summed E-state index contributed by atoms with van der Waals surface area (Å²) in [7, 11) is 2.92. The molecule has 2 spiro atoms. The molecule has 2 saturated heterocycles. The Kier molecular flexibility index (Phi) is 7.05. The normalized spacial score (nSPS) is 44.7. The molecule has 6 fully saturated rings. The lowest BCUT2D eigenvalue weighted by molar-refractivity contribution is -0.312. The minimum absolute atomic E-state index is 0.154. The van der Waals surface area contributed by atoms with Crippen LogP contribution in [0.5, 0.6) is 11.5 Å². The predicted molar refractivity (Wildman–Crippen MR) is 168 cm³/mol. The highest BCUT2D eigenvalue weighted by Crippen LogP contribution is 2.78. The molecule has 1 aromatic rings. The van der Waals surface area contributed by atoms with Gasteiger partial charge in [0.05, 0.1) is 12.7 Å². The molecule has 11 nitrogen and oxygen atoms in total. The third-order valence-corrected chi connectivity index (χ3v) is 14.1. The van der Waals surface area contributed by atoms with Gasteiger partial charge in [-0.1, -0.05) is 26.8 Å². The first-order chi connectivity index (χ1) is 22.2.